The van der Waals surface area contributed by atoms with E-state index in [0.29, 0.717) is 0 Å². The van der Waals surface area contributed by atoms with Crippen LogP contribution in [0.1, 0.15) is 91.1 Å². The Hall–Kier alpha value is -7.26. The number of rotatable bonds is 12. The topological polar surface area (TPSA) is 385 Å². The van der Waals surface area contributed by atoms with Crippen molar-refractivity contribution in [3.05, 3.63) is 45.5 Å². The number of aromatic carboxylic acids is 2. The summed E-state index contributed by atoms with van der Waals surface area (Å²) in [6.07, 6.45) is 0.289. The highest BCUT2D eigenvalue weighted by molar-refractivity contribution is 6.24. The van der Waals surface area contributed by atoms with Gasteiger partial charge in [-0.1, -0.05) is 6.07 Å². The van der Waals surface area contributed by atoms with Gasteiger partial charge in [-0.15, -0.1) is 0 Å². The van der Waals surface area contributed by atoms with Gasteiger partial charge >= 0.3 is 71.6 Å². The predicted molar refractivity (Wildman–Crippen MR) is 211 cm³/mol. The van der Waals surface area contributed by atoms with Crippen LogP contribution in [0.2, 0.25) is 0 Å². The van der Waals surface area contributed by atoms with Crippen molar-refractivity contribution in [2.24, 2.45) is 94.7 Å². The van der Waals surface area contributed by atoms with Crippen molar-refractivity contribution < 1.29 is 108 Å². The van der Waals surface area contributed by atoms with E-state index in [9.17, 15) is 98.4 Å². The van der Waals surface area contributed by atoms with Crippen molar-refractivity contribution in [2.45, 2.75) is 44.9 Å². The Morgan fingerprint density at radius 1 is 0.418 bits per heavy atom. The van der Waals surface area contributed by atoms with E-state index in [-0.39, 0.29) is 61.5 Å². The molecule has 6 saturated carbocycles. The molecule has 0 amide bonds. The minimum atomic E-state index is -1.95. The van der Waals surface area contributed by atoms with E-state index in [1.54, 1.807) is 0 Å². The summed E-state index contributed by atoms with van der Waals surface area (Å²) in [5.41, 5.74) is -3.86. The number of benzene rings is 2. The largest absolute Gasteiger partial charge is 0.481 e. The van der Waals surface area contributed by atoms with Crippen molar-refractivity contribution >= 4 is 82.4 Å². The van der Waals surface area contributed by atoms with Crippen molar-refractivity contribution in [1.82, 2.24) is 0 Å². The van der Waals surface area contributed by atoms with Crippen LogP contribution < -0.4 is 0 Å². The Balaban J connectivity index is 1.11. The van der Waals surface area contributed by atoms with Gasteiger partial charge in [-0.25, -0.2) is 19.2 Å². The summed E-state index contributed by atoms with van der Waals surface area (Å²) in [6, 6.07) is 2.03. The van der Waals surface area contributed by atoms with Crippen LogP contribution in [-0.4, -0.2) is 112 Å². The number of hydrogen-bond donors (Lipinski definition) is 8. The highest BCUT2D eigenvalue weighted by atomic mass is 16.6. The van der Waals surface area contributed by atoms with Gasteiger partial charge in [0.1, 0.15) is 0 Å². The summed E-state index contributed by atoms with van der Waals surface area (Å²) in [6.45, 7) is 0. The van der Waals surface area contributed by atoms with Crippen LogP contribution in [0.5, 0.6) is 0 Å². The maximum absolute atomic E-state index is 14.6. The first-order chi connectivity index (χ1) is 31.6. The van der Waals surface area contributed by atoms with E-state index < -0.39 is 194 Å². The molecule has 22 heteroatoms. The quantitative estimate of drug-likeness (QED) is 0.0954. The number of carboxylic acids is 8. The Morgan fingerprint density at radius 3 is 1.24 bits per heavy atom. The lowest BCUT2D eigenvalue weighted by molar-refractivity contribution is -0.176. The van der Waals surface area contributed by atoms with Crippen LogP contribution >= 0.6 is 0 Å². The number of carbonyl (C=O) groups is 12. The molecular formula is C45H40O22. The Labute approximate surface area is 374 Å². The van der Waals surface area contributed by atoms with Crippen molar-refractivity contribution in [2.75, 3.05) is 0 Å². The zero-order valence-electron chi connectivity index (χ0n) is 34.6. The highest BCUT2D eigenvalue weighted by Gasteiger charge is 2.69. The van der Waals surface area contributed by atoms with Gasteiger partial charge in [0, 0.05) is 5.39 Å². The number of aliphatic carboxylic acids is 6. The van der Waals surface area contributed by atoms with Gasteiger partial charge < -0.3 is 50.3 Å². The molecule has 0 bridgehead atoms. The van der Waals surface area contributed by atoms with Crippen LogP contribution in [0.4, 0.5) is 0 Å². The molecule has 0 aliphatic heterocycles. The second kappa shape index (κ2) is 15.7. The Bertz CT molecular complexity index is 2720. The minimum absolute atomic E-state index is 0.0631. The summed E-state index contributed by atoms with van der Waals surface area (Å²) in [4.78, 5) is 158. The van der Waals surface area contributed by atoms with Gasteiger partial charge in [-0.3, -0.25) is 38.4 Å². The van der Waals surface area contributed by atoms with E-state index in [4.69, 9.17) is 9.47 Å². The Kier molecular flexibility index (Phi) is 10.5. The zero-order chi connectivity index (χ0) is 48.6. The zero-order valence-corrected chi connectivity index (χ0v) is 34.6. The number of esters is 4. The van der Waals surface area contributed by atoms with E-state index in [1.807, 2.05) is 0 Å². The summed E-state index contributed by atoms with van der Waals surface area (Å²) in [5.74, 6) is -40.3. The van der Waals surface area contributed by atoms with E-state index >= 15 is 0 Å². The summed E-state index contributed by atoms with van der Waals surface area (Å²) in [5, 5.41) is 80.9. The van der Waals surface area contributed by atoms with Crippen molar-refractivity contribution in [1.29, 1.82) is 0 Å². The lowest BCUT2D eigenvalue weighted by atomic mass is 9.55. The third-order valence-electron chi connectivity index (χ3n) is 16.2. The summed E-state index contributed by atoms with van der Waals surface area (Å²) in [7, 11) is 0. The number of hydrogen-bond acceptors (Lipinski definition) is 14. The van der Waals surface area contributed by atoms with Crippen molar-refractivity contribution in [3.63, 3.8) is 0 Å². The number of carboxylic acid groups (broad SMARTS) is 8. The lowest BCUT2D eigenvalue weighted by Gasteiger charge is -2.47. The van der Waals surface area contributed by atoms with Gasteiger partial charge in [0.05, 0.1) is 69.6 Å². The monoisotopic (exact) mass is 932 g/mol. The average Bonchev–Trinajstić information content (AvgIpc) is 4.12. The number of fused-ring (bicyclic) bond motifs is 9. The smallest absolute Gasteiger partial charge is 0.347 e. The standard InChI is InChI=1S/C45H40O22/c46-34(47)13-4-1-10-16-7-19(16)28(31(40(58)59)22(10)25(13)37(52)53)42(62)66-44(64)30-21-9-18(21)12-3-6-15(36(50)51)27(39(56)57)24(12)33(30)45(65)67-43(63)29-20-8-17(20)11-2-5-14(35(48)49)26(38(54)55)23(11)32(29)41(60)61/h3,6,10-11,13-14,16-17,19-20,22-23,25-26,28-29,31-32H,1-2,4-5,7-9H2,(H,46,47)(H,48,49)(H,50,51)(H,52,53)(H,54,55)(H,56,57)(H,58,59)(H,60,61). The maximum Gasteiger partial charge on any atom is 0.347 e. The lowest BCUT2D eigenvalue weighted by Crippen LogP contribution is -2.54. The normalized spacial score (nSPS) is 34.7. The Morgan fingerprint density at radius 2 is 0.851 bits per heavy atom. The van der Waals surface area contributed by atoms with Crippen LogP contribution in [0.3, 0.4) is 0 Å². The van der Waals surface area contributed by atoms with E-state index in [1.165, 1.54) is 0 Å². The van der Waals surface area contributed by atoms with E-state index in [2.05, 4.69) is 0 Å². The van der Waals surface area contributed by atoms with E-state index in [0.717, 1.165) is 12.1 Å². The molecule has 7 aliphatic carbocycles. The molecule has 67 heavy (non-hydrogen) atoms. The van der Waals surface area contributed by atoms with Crippen molar-refractivity contribution in [3.8, 4) is 0 Å². The maximum atomic E-state index is 14.6. The molecule has 2 aromatic rings. The summed E-state index contributed by atoms with van der Waals surface area (Å²) >= 11 is 0. The molecule has 0 aromatic heterocycles. The first-order valence-electron chi connectivity index (χ1n) is 21.6. The third kappa shape index (κ3) is 6.88. The summed E-state index contributed by atoms with van der Waals surface area (Å²) < 4.78 is 10.6. The molecule has 7 aliphatic rings. The molecule has 9 rings (SSSR count). The number of carbonyl (C=O) groups excluding carboxylic acids is 4. The van der Waals surface area contributed by atoms with Gasteiger partial charge in [0.25, 0.3) is 0 Å². The molecule has 0 spiro atoms. The molecule has 16 unspecified atom stereocenters. The molecule has 6 fully saturated rings. The predicted octanol–water partition coefficient (Wildman–Crippen LogP) is 2.30. The van der Waals surface area contributed by atoms with Gasteiger partial charge in [0.2, 0.25) is 0 Å². The molecule has 0 radical (unpaired) electrons. The van der Waals surface area contributed by atoms with Crippen LogP contribution in [0, 0.1) is 94.7 Å². The fourth-order valence-electron chi connectivity index (χ4n) is 13.6. The fraction of sp³-hybridized carbons (Fsp3) is 0.511. The first kappa shape index (κ1) is 44.9. The number of ether oxygens (including phenoxy) is 2. The van der Waals surface area contributed by atoms with Gasteiger partial charge in [0.15, 0.2) is 0 Å². The second-order valence-corrected chi connectivity index (χ2v) is 19.0. The highest BCUT2D eigenvalue weighted by Crippen LogP contribution is 2.67. The molecule has 0 saturated heterocycles. The molecule has 8 N–H and O–H groups in total. The molecular weight excluding hydrogens is 892 g/mol. The minimum Gasteiger partial charge on any atom is -0.481 e. The first-order valence-corrected chi connectivity index (χ1v) is 21.6. The van der Waals surface area contributed by atoms with Crippen LogP contribution in [0.15, 0.2) is 12.1 Å². The molecule has 352 valence electrons. The third-order valence-corrected chi connectivity index (χ3v) is 16.2. The van der Waals surface area contributed by atoms with Crippen LogP contribution in [-0.2, 0) is 54.3 Å². The van der Waals surface area contributed by atoms with Crippen LogP contribution in [0.25, 0.3) is 10.8 Å². The molecule has 16 atom stereocenters. The average molecular weight is 933 g/mol. The fourth-order valence-corrected chi connectivity index (χ4v) is 13.6. The molecule has 22 nitrogen and oxygen atoms in total. The van der Waals surface area contributed by atoms with Gasteiger partial charge in [-0.2, -0.15) is 0 Å². The SMILES string of the molecule is O=C(O)c1ccc2c3c(c(C(=O)OC(=O)C4C5CC5C5CCC(C(=O)O)C(C(=O)O)C5C4C(=O)O)c(C(=O)OC(=O)C4C5CC5C5CCC(C(=O)O)C(C(=O)O)C5C4C(=O)O)c2c1C(=O)O)C3. The molecule has 2 aromatic carbocycles. The molecule has 0 heterocycles. The van der Waals surface area contributed by atoms with Gasteiger partial charge in [-0.05, 0) is 115 Å². The second-order valence-electron chi connectivity index (χ2n) is 19.0.